The van der Waals surface area contributed by atoms with Gasteiger partial charge in [-0.1, -0.05) is 59.2 Å². The first kappa shape index (κ1) is 17.6. The van der Waals surface area contributed by atoms with Gasteiger partial charge in [0.1, 0.15) is 18.1 Å². The zero-order valence-electron chi connectivity index (χ0n) is 13.6. The second-order valence-corrected chi connectivity index (χ2v) is 5.61. The summed E-state index contributed by atoms with van der Waals surface area (Å²) in [5, 5.41) is 4.11. The van der Waals surface area contributed by atoms with Crippen molar-refractivity contribution >= 4 is 23.4 Å². The minimum absolute atomic E-state index is 0.00706. The summed E-state index contributed by atoms with van der Waals surface area (Å²) in [6, 6.07) is 19.1. The van der Waals surface area contributed by atoms with Crippen LogP contribution in [0, 0.1) is 0 Å². The largest absolute Gasteiger partial charge is 0.484 e. The first-order valence-corrected chi connectivity index (χ1v) is 8.07. The van der Waals surface area contributed by atoms with E-state index in [1.54, 1.807) is 54.6 Å². The average molecular weight is 371 g/mol. The van der Waals surface area contributed by atoms with Gasteiger partial charge in [0.05, 0.1) is 5.02 Å². The number of para-hydroxylation sites is 1. The predicted octanol–water partition coefficient (Wildman–Crippen LogP) is 3.99. The Morgan fingerprint density at radius 2 is 1.77 bits per heavy atom. The van der Waals surface area contributed by atoms with Gasteiger partial charge in [-0.3, -0.25) is 0 Å². The van der Waals surface area contributed by atoms with Gasteiger partial charge in [0.15, 0.2) is 5.84 Å². The standard InChI is InChI=1S/C19H15ClN2O4/c20-15-8-4-5-9-16(15)24-12-14-10-11-17(25-14)19(23)26-22-18(21)13-6-2-1-3-7-13/h1-11H,12H2,(H2,21,22). The smallest absolute Gasteiger partial charge is 0.400 e. The number of amidine groups is 1. The molecule has 3 aromatic rings. The highest BCUT2D eigenvalue weighted by Gasteiger charge is 2.14. The Labute approximate surface area is 154 Å². The topological polar surface area (TPSA) is 87.1 Å². The van der Waals surface area contributed by atoms with E-state index in [0.29, 0.717) is 22.1 Å². The Hall–Kier alpha value is -3.25. The van der Waals surface area contributed by atoms with Crippen LogP contribution < -0.4 is 10.5 Å². The fraction of sp³-hybridized carbons (Fsp3) is 0.0526. The Kier molecular flexibility index (Phi) is 5.56. The summed E-state index contributed by atoms with van der Waals surface area (Å²) in [5.41, 5.74) is 6.41. The van der Waals surface area contributed by atoms with Crippen molar-refractivity contribution in [1.82, 2.24) is 0 Å². The molecule has 7 heteroatoms. The monoisotopic (exact) mass is 370 g/mol. The Morgan fingerprint density at radius 3 is 2.54 bits per heavy atom. The Morgan fingerprint density at radius 1 is 1.04 bits per heavy atom. The highest BCUT2D eigenvalue weighted by molar-refractivity contribution is 6.32. The number of hydrogen-bond donors (Lipinski definition) is 1. The molecule has 0 radical (unpaired) electrons. The molecular weight excluding hydrogens is 356 g/mol. The second kappa shape index (κ2) is 8.22. The lowest BCUT2D eigenvalue weighted by Gasteiger charge is -2.05. The first-order valence-electron chi connectivity index (χ1n) is 7.70. The van der Waals surface area contributed by atoms with Crippen molar-refractivity contribution in [2.45, 2.75) is 6.61 Å². The molecule has 0 fully saturated rings. The van der Waals surface area contributed by atoms with Crippen LogP contribution in [0.4, 0.5) is 0 Å². The van der Waals surface area contributed by atoms with E-state index in [4.69, 9.17) is 31.3 Å². The van der Waals surface area contributed by atoms with Crippen LogP contribution in [0.5, 0.6) is 5.75 Å². The number of nitrogens with two attached hydrogens (primary N) is 1. The third-order valence-corrected chi connectivity index (χ3v) is 3.68. The summed E-state index contributed by atoms with van der Waals surface area (Å²) < 4.78 is 10.9. The molecule has 0 saturated heterocycles. The zero-order chi connectivity index (χ0) is 18.4. The van der Waals surface area contributed by atoms with Crippen molar-refractivity contribution in [3.05, 3.63) is 88.8 Å². The molecule has 0 aliphatic heterocycles. The van der Waals surface area contributed by atoms with E-state index in [1.165, 1.54) is 6.07 Å². The van der Waals surface area contributed by atoms with Gasteiger partial charge in [-0.15, -0.1) is 0 Å². The van der Waals surface area contributed by atoms with Gasteiger partial charge in [0.25, 0.3) is 0 Å². The fourth-order valence-corrected chi connectivity index (χ4v) is 2.26. The summed E-state index contributed by atoms with van der Waals surface area (Å²) >= 11 is 6.01. The van der Waals surface area contributed by atoms with Crippen LogP contribution in [-0.4, -0.2) is 11.8 Å². The molecule has 0 aliphatic carbocycles. The number of benzene rings is 2. The predicted molar refractivity (Wildman–Crippen MR) is 97.1 cm³/mol. The van der Waals surface area contributed by atoms with Crippen LogP contribution in [-0.2, 0) is 11.4 Å². The summed E-state index contributed by atoms with van der Waals surface area (Å²) in [5.74, 6) is 0.292. The fourth-order valence-electron chi connectivity index (χ4n) is 2.07. The Bertz CT molecular complexity index is 922. The normalized spacial score (nSPS) is 11.2. The van der Waals surface area contributed by atoms with Crippen LogP contribution in [0.1, 0.15) is 21.9 Å². The summed E-state index contributed by atoms with van der Waals surface area (Å²) in [6.07, 6.45) is 0. The Balaban J connectivity index is 1.59. The minimum atomic E-state index is -0.757. The van der Waals surface area contributed by atoms with E-state index in [1.807, 2.05) is 6.07 Å². The molecule has 0 saturated carbocycles. The van der Waals surface area contributed by atoms with Crippen molar-refractivity contribution in [3.63, 3.8) is 0 Å². The van der Waals surface area contributed by atoms with E-state index in [2.05, 4.69) is 5.16 Å². The van der Waals surface area contributed by atoms with Crippen molar-refractivity contribution in [3.8, 4) is 5.75 Å². The molecule has 3 rings (SSSR count). The van der Waals surface area contributed by atoms with Crippen molar-refractivity contribution in [1.29, 1.82) is 0 Å². The highest BCUT2D eigenvalue weighted by atomic mass is 35.5. The second-order valence-electron chi connectivity index (χ2n) is 5.21. The maximum absolute atomic E-state index is 12.0. The SMILES string of the molecule is N/C(=N\OC(=O)c1ccc(COc2ccccc2Cl)o1)c1ccccc1. The molecule has 26 heavy (non-hydrogen) atoms. The number of furan rings is 1. The van der Waals surface area contributed by atoms with Gasteiger partial charge < -0.3 is 19.7 Å². The molecule has 1 heterocycles. The van der Waals surface area contributed by atoms with E-state index in [-0.39, 0.29) is 18.2 Å². The summed E-state index contributed by atoms with van der Waals surface area (Å²) in [7, 11) is 0. The molecule has 0 unspecified atom stereocenters. The third kappa shape index (κ3) is 4.43. The minimum Gasteiger partial charge on any atom is -0.484 e. The highest BCUT2D eigenvalue weighted by Crippen LogP contribution is 2.24. The molecule has 2 aromatic carbocycles. The number of halogens is 1. The van der Waals surface area contributed by atoms with Gasteiger partial charge in [0.2, 0.25) is 5.76 Å². The summed E-state index contributed by atoms with van der Waals surface area (Å²) in [4.78, 5) is 16.8. The van der Waals surface area contributed by atoms with Crippen LogP contribution in [0.15, 0.2) is 76.3 Å². The van der Waals surface area contributed by atoms with Crippen LogP contribution >= 0.6 is 11.6 Å². The lowest BCUT2D eigenvalue weighted by Crippen LogP contribution is -2.15. The molecular formula is C19H15ClN2O4. The van der Waals surface area contributed by atoms with Crippen molar-refractivity contribution in [2.24, 2.45) is 10.9 Å². The van der Waals surface area contributed by atoms with Gasteiger partial charge in [-0.2, -0.15) is 0 Å². The number of carbonyl (C=O) groups is 1. The van der Waals surface area contributed by atoms with Gasteiger partial charge >= 0.3 is 5.97 Å². The lowest BCUT2D eigenvalue weighted by atomic mass is 10.2. The molecule has 1 aromatic heterocycles. The van der Waals surface area contributed by atoms with E-state index < -0.39 is 5.97 Å². The van der Waals surface area contributed by atoms with Crippen LogP contribution in [0.25, 0.3) is 0 Å². The zero-order valence-corrected chi connectivity index (χ0v) is 14.3. The average Bonchev–Trinajstić information content (AvgIpc) is 3.15. The van der Waals surface area contributed by atoms with E-state index in [9.17, 15) is 4.79 Å². The number of nitrogens with zero attached hydrogens (tertiary/aromatic N) is 1. The van der Waals surface area contributed by atoms with E-state index >= 15 is 0 Å². The molecule has 0 amide bonds. The number of hydrogen-bond acceptors (Lipinski definition) is 5. The first-order chi connectivity index (χ1) is 12.6. The molecule has 6 nitrogen and oxygen atoms in total. The quantitative estimate of drug-likeness (QED) is 0.307. The maximum Gasteiger partial charge on any atom is 0.400 e. The van der Waals surface area contributed by atoms with Crippen molar-refractivity contribution < 1.29 is 18.8 Å². The van der Waals surface area contributed by atoms with Gasteiger partial charge in [0, 0.05) is 5.56 Å². The number of carbonyl (C=O) groups excluding carboxylic acids is 1. The molecule has 0 bridgehead atoms. The summed E-state index contributed by atoms with van der Waals surface area (Å²) in [6.45, 7) is 0.117. The lowest BCUT2D eigenvalue weighted by molar-refractivity contribution is 0.0475. The van der Waals surface area contributed by atoms with Crippen molar-refractivity contribution in [2.75, 3.05) is 0 Å². The van der Waals surface area contributed by atoms with Crippen LogP contribution in [0.3, 0.4) is 0 Å². The van der Waals surface area contributed by atoms with E-state index in [0.717, 1.165) is 0 Å². The number of rotatable bonds is 6. The number of ether oxygens (including phenoxy) is 1. The third-order valence-electron chi connectivity index (χ3n) is 3.37. The van der Waals surface area contributed by atoms with Gasteiger partial charge in [-0.05, 0) is 24.3 Å². The molecule has 0 atom stereocenters. The number of oxime groups is 1. The van der Waals surface area contributed by atoms with Gasteiger partial charge in [-0.25, -0.2) is 4.79 Å². The molecule has 2 N–H and O–H groups in total. The molecule has 132 valence electrons. The molecule has 0 aliphatic rings. The van der Waals surface area contributed by atoms with Crippen LogP contribution in [0.2, 0.25) is 5.02 Å². The molecule has 0 spiro atoms. The maximum atomic E-state index is 12.0.